The number of nitrogens with two attached hydrogens (primary N) is 2. The van der Waals surface area contributed by atoms with Gasteiger partial charge in [0, 0.05) is 0 Å². The Balaban J connectivity index is 1.78. The van der Waals surface area contributed by atoms with Crippen molar-refractivity contribution in [3.8, 4) is 0 Å². The molecule has 0 aliphatic heterocycles. The van der Waals surface area contributed by atoms with Gasteiger partial charge in [0.1, 0.15) is 0 Å². The summed E-state index contributed by atoms with van der Waals surface area (Å²) in [5.41, 5.74) is 11.6. The zero-order valence-electron chi connectivity index (χ0n) is 19.6. The van der Waals surface area contributed by atoms with Gasteiger partial charge in [-0.1, -0.05) is 54.6 Å². The van der Waals surface area contributed by atoms with Gasteiger partial charge in [-0.05, 0) is 101 Å². The maximum Gasteiger partial charge on any atom is 0.311 e. The van der Waals surface area contributed by atoms with Gasteiger partial charge >= 0.3 is 8.56 Å². The van der Waals surface area contributed by atoms with E-state index in [9.17, 15) is 0 Å². The predicted octanol–water partition coefficient (Wildman–Crippen LogP) is 4.81. The van der Waals surface area contributed by atoms with Crippen molar-refractivity contribution < 1.29 is 8.23 Å². The summed E-state index contributed by atoms with van der Waals surface area (Å²) in [6, 6.07) is 26.3. The van der Waals surface area contributed by atoms with Gasteiger partial charge in [0.2, 0.25) is 18.8 Å². The molecule has 171 valence electrons. The molecule has 4 nitrogen and oxygen atoms in total. The molecule has 0 spiro atoms. The Morgan fingerprint density at radius 2 is 1.52 bits per heavy atom. The predicted molar refractivity (Wildman–Crippen MR) is 147 cm³/mol. The molecule has 0 unspecified atom stereocenters. The normalized spacial score (nSPS) is 12.4. The first-order chi connectivity index (χ1) is 16.0. The maximum atomic E-state index is 6.89. The minimum Gasteiger partial charge on any atom is -0.436 e. The molecule has 4 aromatic rings. The van der Waals surface area contributed by atoms with Crippen molar-refractivity contribution in [2.75, 3.05) is 13.1 Å². The van der Waals surface area contributed by atoms with E-state index in [-0.39, 0.29) is 0 Å². The summed E-state index contributed by atoms with van der Waals surface area (Å²) in [6.45, 7) is 5.73. The van der Waals surface area contributed by atoms with Crippen LogP contribution in [0.4, 0.5) is 0 Å². The number of hydrogen-bond donors (Lipinski definition) is 2. The van der Waals surface area contributed by atoms with Gasteiger partial charge in [-0.15, -0.1) is 0 Å². The lowest BCUT2D eigenvalue weighted by molar-refractivity contribution is 0.418. The zero-order chi connectivity index (χ0) is 23.3. The Labute approximate surface area is 202 Å². The average molecular weight is 490 g/mol. The quantitative estimate of drug-likeness (QED) is 0.137. The molecule has 0 aromatic heterocycles. The molecule has 7 heteroatoms. The van der Waals surface area contributed by atoms with Crippen LogP contribution in [-0.2, 0) is 8.23 Å². The third-order valence-corrected chi connectivity index (χ3v) is 13.7. The van der Waals surface area contributed by atoms with Crippen molar-refractivity contribution in [3.05, 3.63) is 66.7 Å². The van der Waals surface area contributed by atoms with E-state index in [1.807, 2.05) is 0 Å². The van der Waals surface area contributed by atoms with Crippen LogP contribution in [0, 0.1) is 0 Å². The second kappa shape index (κ2) is 11.1. The highest BCUT2D eigenvalue weighted by Gasteiger charge is 2.31. The summed E-state index contributed by atoms with van der Waals surface area (Å²) in [5, 5.41) is 9.02. The lowest BCUT2D eigenvalue weighted by atomic mass is 9.98. The number of benzene rings is 4. The molecule has 0 fully saturated rings. The van der Waals surface area contributed by atoms with Gasteiger partial charge in [0.15, 0.2) is 0 Å². The standard InChI is InChI=1S/C26H33N2O2Si3/c1-33(2,29-31-16-6-14-27)30-32(17-7-15-28)25-11-5-10-20-12-13-23-18-21-8-3-4-9-22(21)19-24(23)26(20)25/h3-5,8-13,18-19H,6-7,14-17,27-28H2,1-2H3. The molecule has 0 saturated carbocycles. The first-order valence-electron chi connectivity index (χ1n) is 11.7. The van der Waals surface area contributed by atoms with Gasteiger partial charge in [0.25, 0.3) is 0 Å². The van der Waals surface area contributed by atoms with Gasteiger partial charge in [-0.3, -0.25) is 0 Å². The third-order valence-electron chi connectivity index (χ3n) is 5.80. The molecular weight excluding hydrogens is 457 g/mol. The highest BCUT2D eigenvalue weighted by Crippen LogP contribution is 2.29. The highest BCUT2D eigenvalue weighted by molar-refractivity contribution is 6.82. The molecule has 33 heavy (non-hydrogen) atoms. The zero-order valence-corrected chi connectivity index (χ0v) is 22.6. The van der Waals surface area contributed by atoms with Crippen LogP contribution in [0.15, 0.2) is 66.7 Å². The summed E-state index contributed by atoms with van der Waals surface area (Å²) in [5.74, 6) is 0. The van der Waals surface area contributed by atoms with Gasteiger partial charge in [-0.25, -0.2) is 0 Å². The Morgan fingerprint density at radius 3 is 2.27 bits per heavy atom. The molecule has 4 N–H and O–H groups in total. The largest absolute Gasteiger partial charge is 0.436 e. The summed E-state index contributed by atoms with van der Waals surface area (Å²) >= 11 is 0. The summed E-state index contributed by atoms with van der Waals surface area (Å²) < 4.78 is 13.2. The SMILES string of the molecule is C[Si](C)(O[Si]CCCN)O[Si](CCCN)c1cccc2ccc3cc4ccccc4cc3c12. The molecule has 0 amide bonds. The first-order valence-corrected chi connectivity index (χ1v) is 17.3. The summed E-state index contributed by atoms with van der Waals surface area (Å²) in [4.78, 5) is 0. The molecule has 0 bridgehead atoms. The average Bonchev–Trinajstić information content (AvgIpc) is 2.82. The lowest BCUT2D eigenvalue weighted by Gasteiger charge is -2.29. The minimum absolute atomic E-state index is 0.453. The van der Waals surface area contributed by atoms with E-state index in [1.165, 1.54) is 37.5 Å². The third kappa shape index (κ3) is 5.81. The topological polar surface area (TPSA) is 70.5 Å². The fourth-order valence-electron chi connectivity index (χ4n) is 4.25. The van der Waals surface area contributed by atoms with E-state index in [2.05, 4.69) is 79.8 Å². The molecule has 4 aromatic carbocycles. The maximum absolute atomic E-state index is 6.89. The Bertz CT molecular complexity index is 1230. The Hall–Kier alpha value is -1.85. The van der Waals surface area contributed by atoms with Crippen molar-refractivity contribution in [2.45, 2.75) is 38.0 Å². The van der Waals surface area contributed by atoms with E-state index in [0.29, 0.717) is 22.9 Å². The number of hydrogen-bond acceptors (Lipinski definition) is 4. The van der Waals surface area contributed by atoms with Gasteiger partial charge in [-0.2, -0.15) is 0 Å². The smallest absolute Gasteiger partial charge is 0.311 e. The molecule has 0 aliphatic rings. The Morgan fingerprint density at radius 1 is 0.818 bits per heavy atom. The van der Waals surface area contributed by atoms with E-state index in [0.717, 1.165) is 24.9 Å². The first kappa shape index (κ1) is 24.3. The van der Waals surface area contributed by atoms with Crippen molar-refractivity contribution >= 4 is 64.9 Å². The van der Waals surface area contributed by atoms with Crippen LogP contribution < -0.4 is 16.7 Å². The molecule has 0 saturated heterocycles. The molecular formula is C26H33N2O2Si3. The van der Waals surface area contributed by atoms with E-state index >= 15 is 0 Å². The summed E-state index contributed by atoms with van der Waals surface area (Å²) in [7, 11) is -3.13. The molecule has 0 aliphatic carbocycles. The van der Waals surface area contributed by atoms with Crippen LogP contribution in [0.5, 0.6) is 0 Å². The molecule has 0 atom stereocenters. The van der Waals surface area contributed by atoms with Crippen molar-refractivity contribution in [1.82, 2.24) is 0 Å². The van der Waals surface area contributed by atoms with Crippen molar-refractivity contribution in [1.29, 1.82) is 0 Å². The van der Waals surface area contributed by atoms with Crippen LogP contribution in [0.3, 0.4) is 0 Å². The fraction of sp³-hybridized carbons (Fsp3) is 0.308. The minimum atomic E-state index is -2.27. The monoisotopic (exact) mass is 489 g/mol. The summed E-state index contributed by atoms with van der Waals surface area (Å²) in [6.07, 6.45) is 1.95. The lowest BCUT2D eigenvalue weighted by Crippen LogP contribution is -2.47. The number of fused-ring (bicyclic) bond motifs is 4. The van der Waals surface area contributed by atoms with Crippen LogP contribution in [0.25, 0.3) is 32.3 Å². The van der Waals surface area contributed by atoms with E-state index in [4.69, 9.17) is 19.7 Å². The molecule has 3 radical (unpaired) electrons. The van der Waals surface area contributed by atoms with Crippen LogP contribution in [0.2, 0.25) is 25.2 Å². The Kier molecular flexibility index (Phi) is 8.13. The molecule has 4 rings (SSSR count). The van der Waals surface area contributed by atoms with Crippen LogP contribution in [-0.4, -0.2) is 40.5 Å². The second-order valence-electron chi connectivity index (χ2n) is 8.85. The fourth-order valence-corrected chi connectivity index (χ4v) is 11.8. The number of rotatable bonds is 11. The van der Waals surface area contributed by atoms with Crippen molar-refractivity contribution in [3.63, 3.8) is 0 Å². The second-order valence-corrected chi connectivity index (χ2v) is 16.0. The van der Waals surface area contributed by atoms with E-state index in [1.54, 1.807) is 0 Å². The van der Waals surface area contributed by atoms with Crippen LogP contribution in [0.1, 0.15) is 12.8 Å². The van der Waals surface area contributed by atoms with Crippen molar-refractivity contribution in [2.24, 2.45) is 11.5 Å². The van der Waals surface area contributed by atoms with Gasteiger partial charge in [0.05, 0.1) is 0 Å². The van der Waals surface area contributed by atoms with E-state index < -0.39 is 17.6 Å². The highest BCUT2D eigenvalue weighted by atomic mass is 28.4. The van der Waals surface area contributed by atoms with Crippen LogP contribution >= 0.6 is 0 Å². The molecule has 0 heterocycles. The van der Waals surface area contributed by atoms with Gasteiger partial charge < -0.3 is 19.7 Å².